The molecule has 6 heteroatoms. The number of amides is 1. The van der Waals surface area contributed by atoms with Crippen molar-refractivity contribution in [2.24, 2.45) is 0 Å². The molecule has 1 aromatic rings. The topological polar surface area (TPSA) is 78.8 Å². The summed E-state index contributed by atoms with van der Waals surface area (Å²) < 4.78 is 5.77. The summed E-state index contributed by atoms with van der Waals surface area (Å²) in [6.45, 7) is 0.920. The second-order valence-corrected chi connectivity index (χ2v) is 5.53. The Bertz CT molecular complexity index is 472. The normalized spacial score (nSPS) is 18.0. The predicted molar refractivity (Wildman–Crippen MR) is 73.1 cm³/mol. The number of ether oxygens (including phenoxy) is 1. The summed E-state index contributed by atoms with van der Waals surface area (Å²) in [5.41, 5.74) is -0.266. The van der Waals surface area contributed by atoms with Crippen LogP contribution in [0, 0.1) is 0 Å². The lowest BCUT2D eigenvalue weighted by molar-refractivity contribution is 0.0125. The maximum atomic E-state index is 12.2. The Labute approximate surface area is 119 Å². The van der Waals surface area contributed by atoms with Gasteiger partial charge in [-0.3, -0.25) is 4.79 Å². The summed E-state index contributed by atoms with van der Waals surface area (Å²) in [7, 11) is 0. The average Bonchev–Trinajstić information content (AvgIpc) is 2.43. The number of rotatable bonds is 3. The molecule has 1 fully saturated rings. The molecule has 0 aliphatic carbocycles. The van der Waals surface area contributed by atoms with E-state index in [1.54, 1.807) is 12.1 Å². The smallest absolute Gasteiger partial charge is 0.251 e. The minimum Gasteiger partial charge on any atom is -0.507 e. The summed E-state index contributed by atoms with van der Waals surface area (Å²) in [5.74, 6) is -0.295. The monoisotopic (exact) mass is 329 g/mol. The molecule has 1 heterocycles. The highest BCUT2D eigenvalue weighted by molar-refractivity contribution is 9.10. The van der Waals surface area contributed by atoms with Gasteiger partial charge in [0.2, 0.25) is 0 Å². The Morgan fingerprint density at radius 3 is 2.68 bits per heavy atom. The van der Waals surface area contributed by atoms with Gasteiger partial charge >= 0.3 is 0 Å². The van der Waals surface area contributed by atoms with Crippen LogP contribution in [-0.2, 0) is 4.74 Å². The van der Waals surface area contributed by atoms with Crippen molar-refractivity contribution in [3.05, 3.63) is 28.2 Å². The molecule has 0 unspecified atom stereocenters. The van der Waals surface area contributed by atoms with E-state index in [1.807, 2.05) is 0 Å². The van der Waals surface area contributed by atoms with E-state index in [9.17, 15) is 15.0 Å². The molecule has 1 aliphatic heterocycles. The molecule has 1 aliphatic rings. The van der Waals surface area contributed by atoms with E-state index in [4.69, 9.17) is 4.74 Å². The third kappa shape index (κ3) is 3.26. The van der Waals surface area contributed by atoms with Crippen molar-refractivity contribution < 1.29 is 19.7 Å². The molecule has 0 bridgehead atoms. The van der Waals surface area contributed by atoms with Gasteiger partial charge in [-0.05, 0) is 47.0 Å². The zero-order chi connectivity index (χ0) is 13.9. The van der Waals surface area contributed by atoms with E-state index in [2.05, 4.69) is 21.2 Å². The molecule has 0 radical (unpaired) electrons. The quantitative estimate of drug-likeness (QED) is 0.783. The van der Waals surface area contributed by atoms with E-state index in [-0.39, 0.29) is 18.3 Å². The first-order valence-electron chi connectivity index (χ1n) is 6.06. The van der Waals surface area contributed by atoms with Crippen LogP contribution in [0.3, 0.4) is 0 Å². The first-order chi connectivity index (χ1) is 9.06. The van der Waals surface area contributed by atoms with Crippen LogP contribution in [0.5, 0.6) is 5.75 Å². The van der Waals surface area contributed by atoms with Crippen LogP contribution < -0.4 is 5.32 Å². The molecule has 19 heavy (non-hydrogen) atoms. The second kappa shape index (κ2) is 5.90. The maximum absolute atomic E-state index is 12.2. The second-order valence-electron chi connectivity index (χ2n) is 4.67. The molecule has 2 rings (SSSR count). The maximum Gasteiger partial charge on any atom is 0.251 e. The summed E-state index contributed by atoms with van der Waals surface area (Å²) in [6, 6.07) is 4.62. The molecule has 0 spiro atoms. The minimum atomic E-state index is -0.627. The van der Waals surface area contributed by atoms with Crippen LogP contribution in [0.15, 0.2) is 22.7 Å². The number of phenolic OH excluding ortho intramolecular Hbond substituents is 1. The number of benzene rings is 1. The molecule has 3 N–H and O–H groups in total. The average molecular weight is 330 g/mol. The van der Waals surface area contributed by atoms with Gasteiger partial charge in [0.15, 0.2) is 0 Å². The Morgan fingerprint density at radius 1 is 1.42 bits per heavy atom. The van der Waals surface area contributed by atoms with Crippen molar-refractivity contribution in [3.8, 4) is 5.75 Å². The summed E-state index contributed by atoms with van der Waals surface area (Å²) in [4.78, 5) is 12.2. The van der Waals surface area contributed by atoms with Gasteiger partial charge in [0.1, 0.15) is 5.75 Å². The highest BCUT2D eigenvalue weighted by Gasteiger charge is 2.33. The molecular weight excluding hydrogens is 314 g/mol. The Balaban J connectivity index is 2.12. The van der Waals surface area contributed by atoms with Crippen LogP contribution in [0.2, 0.25) is 0 Å². The fourth-order valence-electron chi connectivity index (χ4n) is 2.05. The largest absolute Gasteiger partial charge is 0.507 e. The highest BCUT2D eigenvalue weighted by atomic mass is 79.9. The van der Waals surface area contributed by atoms with E-state index in [0.29, 0.717) is 36.1 Å². The molecular formula is C13H16BrNO4. The van der Waals surface area contributed by atoms with E-state index < -0.39 is 5.54 Å². The van der Waals surface area contributed by atoms with Crippen molar-refractivity contribution in [1.29, 1.82) is 0 Å². The van der Waals surface area contributed by atoms with Crippen LogP contribution in [0.25, 0.3) is 0 Å². The molecule has 0 saturated carbocycles. The number of nitrogens with one attached hydrogen (secondary N) is 1. The van der Waals surface area contributed by atoms with E-state index in [0.717, 1.165) is 0 Å². The lowest BCUT2D eigenvalue weighted by atomic mass is 9.90. The minimum absolute atomic E-state index is 0.0117. The Morgan fingerprint density at radius 2 is 2.11 bits per heavy atom. The highest BCUT2D eigenvalue weighted by Crippen LogP contribution is 2.25. The third-order valence-corrected chi connectivity index (χ3v) is 4.01. The Hall–Kier alpha value is -1.11. The number of aromatic hydroxyl groups is 1. The number of hydrogen-bond donors (Lipinski definition) is 3. The number of aliphatic hydroxyl groups excluding tert-OH is 1. The zero-order valence-electron chi connectivity index (χ0n) is 10.4. The number of carbonyl (C=O) groups excluding carboxylic acids is 1. The third-order valence-electron chi connectivity index (χ3n) is 3.34. The fourth-order valence-corrected chi connectivity index (χ4v) is 2.30. The SMILES string of the molecule is O=C(NC1(CO)CCOCC1)c1ccc(Br)c(O)c1. The van der Waals surface area contributed by atoms with Crippen LogP contribution in [0.4, 0.5) is 0 Å². The van der Waals surface area contributed by atoms with Crippen LogP contribution in [-0.4, -0.2) is 41.5 Å². The lowest BCUT2D eigenvalue weighted by Gasteiger charge is -2.36. The molecule has 104 valence electrons. The first kappa shape index (κ1) is 14.3. The molecule has 1 saturated heterocycles. The fraction of sp³-hybridized carbons (Fsp3) is 0.462. The van der Waals surface area contributed by atoms with Gasteiger partial charge in [0.25, 0.3) is 5.91 Å². The van der Waals surface area contributed by atoms with Gasteiger partial charge in [-0.25, -0.2) is 0 Å². The van der Waals surface area contributed by atoms with Crippen molar-refractivity contribution in [2.45, 2.75) is 18.4 Å². The van der Waals surface area contributed by atoms with Crippen LogP contribution >= 0.6 is 15.9 Å². The van der Waals surface area contributed by atoms with Crippen molar-refractivity contribution in [2.75, 3.05) is 19.8 Å². The Kier molecular flexibility index (Phi) is 4.44. The number of halogens is 1. The molecule has 0 atom stereocenters. The number of phenols is 1. The van der Waals surface area contributed by atoms with Gasteiger partial charge in [-0.2, -0.15) is 0 Å². The van der Waals surface area contributed by atoms with Gasteiger partial charge < -0.3 is 20.3 Å². The van der Waals surface area contributed by atoms with Crippen molar-refractivity contribution in [3.63, 3.8) is 0 Å². The number of carbonyl (C=O) groups is 1. The number of aliphatic hydroxyl groups is 1. The van der Waals surface area contributed by atoms with Crippen molar-refractivity contribution in [1.82, 2.24) is 5.32 Å². The van der Waals surface area contributed by atoms with Gasteiger partial charge in [0.05, 0.1) is 16.6 Å². The van der Waals surface area contributed by atoms with Gasteiger partial charge in [-0.15, -0.1) is 0 Å². The van der Waals surface area contributed by atoms with E-state index >= 15 is 0 Å². The predicted octanol–water partition coefficient (Wildman–Crippen LogP) is 1.43. The first-order valence-corrected chi connectivity index (χ1v) is 6.85. The summed E-state index contributed by atoms with van der Waals surface area (Å²) in [5, 5.41) is 21.9. The van der Waals surface area contributed by atoms with E-state index in [1.165, 1.54) is 6.07 Å². The summed E-state index contributed by atoms with van der Waals surface area (Å²) >= 11 is 3.16. The lowest BCUT2D eigenvalue weighted by Crippen LogP contribution is -2.54. The van der Waals surface area contributed by atoms with Gasteiger partial charge in [-0.1, -0.05) is 0 Å². The molecule has 5 nitrogen and oxygen atoms in total. The molecule has 0 aromatic heterocycles. The van der Waals surface area contributed by atoms with Crippen LogP contribution in [0.1, 0.15) is 23.2 Å². The van der Waals surface area contributed by atoms with Crippen molar-refractivity contribution >= 4 is 21.8 Å². The molecule has 1 amide bonds. The molecule has 1 aromatic carbocycles. The standard InChI is InChI=1S/C13H16BrNO4/c14-10-2-1-9(7-11(10)17)12(18)15-13(8-16)3-5-19-6-4-13/h1-2,7,16-17H,3-6,8H2,(H,15,18). The summed E-state index contributed by atoms with van der Waals surface area (Å²) in [6.07, 6.45) is 1.16. The number of hydrogen-bond acceptors (Lipinski definition) is 4. The van der Waals surface area contributed by atoms with Gasteiger partial charge in [0, 0.05) is 18.8 Å². The zero-order valence-corrected chi connectivity index (χ0v) is 11.9.